The van der Waals surface area contributed by atoms with Gasteiger partial charge in [-0.15, -0.1) is 11.8 Å². The molecule has 0 atom stereocenters. The summed E-state index contributed by atoms with van der Waals surface area (Å²) in [6, 6.07) is 19.5. The highest BCUT2D eigenvalue weighted by molar-refractivity contribution is 7.99. The van der Waals surface area contributed by atoms with E-state index in [9.17, 15) is 9.59 Å². The lowest BCUT2D eigenvalue weighted by atomic mass is 9.96. The van der Waals surface area contributed by atoms with E-state index in [1.54, 1.807) is 16.7 Å². The molecule has 27 heavy (non-hydrogen) atoms. The second-order valence-corrected chi connectivity index (χ2v) is 7.68. The van der Waals surface area contributed by atoms with Crippen LogP contribution in [0, 0.1) is 5.92 Å². The molecule has 2 aromatic rings. The molecule has 0 radical (unpaired) electrons. The Hall–Kier alpha value is -2.47. The molecule has 3 rings (SSSR count). The van der Waals surface area contributed by atoms with Crippen LogP contribution in [-0.4, -0.2) is 42.2 Å². The molecule has 0 unspecified atom stereocenters. The molecular weight excluding hydrogens is 358 g/mol. The highest BCUT2D eigenvalue weighted by Crippen LogP contribution is 2.19. The molecule has 3 amide bonds. The summed E-state index contributed by atoms with van der Waals surface area (Å²) in [4.78, 5) is 27.6. The van der Waals surface area contributed by atoms with Crippen molar-refractivity contribution in [3.05, 3.63) is 60.7 Å². The van der Waals surface area contributed by atoms with Gasteiger partial charge in [-0.1, -0.05) is 36.4 Å². The first-order valence-electron chi connectivity index (χ1n) is 9.29. The van der Waals surface area contributed by atoms with Crippen LogP contribution in [0.1, 0.15) is 12.8 Å². The molecule has 1 aliphatic heterocycles. The predicted molar refractivity (Wildman–Crippen MR) is 110 cm³/mol. The van der Waals surface area contributed by atoms with E-state index in [1.165, 1.54) is 4.90 Å². The Morgan fingerprint density at radius 3 is 2.26 bits per heavy atom. The van der Waals surface area contributed by atoms with Gasteiger partial charge in [0.2, 0.25) is 5.91 Å². The van der Waals surface area contributed by atoms with Crippen LogP contribution in [0.15, 0.2) is 65.6 Å². The number of rotatable bonds is 6. The van der Waals surface area contributed by atoms with E-state index < -0.39 is 0 Å². The van der Waals surface area contributed by atoms with Gasteiger partial charge in [-0.25, -0.2) is 4.79 Å². The number of hydrogen-bond donors (Lipinski definition) is 2. The summed E-state index contributed by atoms with van der Waals surface area (Å²) in [5.41, 5.74) is 0.790. The zero-order chi connectivity index (χ0) is 18.9. The summed E-state index contributed by atoms with van der Waals surface area (Å²) in [5.74, 6) is 0.952. The molecule has 1 saturated heterocycles. The molecular formula is C21H25N3O2S. The molecule has 2 aromatic carbocycles. The van der Waals surface area contributed by atoms with Crippen LogP contribution in [-0.2, 0) is 4.79 Å². The van der Waals surface area contributed by atoms with Gasteiger partial charge in [0.15, 0.2) is 0 Å². The summed E-state index contributed by atoms with van der Waals surface area (Å²) >= 11 is 1.74. The topological polar surface area (TPSA) is 61.4 Å². The molecule has 1 fully saturated rings. The van der Waals surface area contributed by atoms with Crippen molar-refractivity contribution in [3.8, 4) is 0 Å². The number of thioether (sulfide) groups is 1. The average Bonchev–Trinajstić information content (AvgIpc) is 2.72. The first-order valence-corrected chi connectivity index (χ1v) is 10.3. The molecule has 0 spiro atoms. The van der Waals surface area contributed by atoms with Crippen molar-refractivity contribution in [2.75, 3.05) is 30.7 Å². The monoisotopic (exact) mass is 383 g/mol. The number of amides is 3. The highest BCUT2D eigenvalue weighted by atomic mass is 32.2. The fourth-order valence-corrected chi connectivity index (χ4v) is 3.86. The molecule has 0 aliphatic carbocycles. The fourth-order valence-electron chi connectivity index (χ4n) is 3.07. The van der Waals surface area contributed by atoms with Crippen molar-refractivity contribution in [1.29, 1.82) is 0 Å². The van der Waals surface area contributed by atoms with Crippen LogP contribution >= 0.6 is 11.8 Å². The SMILES string of the molecule is O=C(NCCSc1ccccc1)C1CCN(C(=O)Nc2ccccc2)CC1. The Morgan fingerprint density at radius 1 is 0.963 bits per heavy atom. The number of para-hydroxylation sites is 1. The van der Waals surface area contributed by atoms with Gasteiger partial charge in [-0.3, -0.25) is 4.79 Å². The largest absolute Gasteiger partial charge is 0.355 e. The number of carbonyl (C=O) groups excluding carboxylic acids is 2. The summed E-state index contributed by atoms with van der Waals surface area (Å²) in [7, 11) is 0. The number of hydrogen-bond acceptors (Lipinski definition) is 3. The van der Waals surface area contributed by atoms with Gasteiger partial charge >= 0.3 is 6.03 Å². The Bertz CT molecular complexity index is 732. The van der Waals surface area contributed by atoms with Gasteiger partial charge in [0.05, 0.1) is 0 Å². The zero-order valence-electron chi connectivity index (χ0n) is 15.3. The van der Waals surface area contributed by atoms with Crippen LogP contribution in [0.3, 0.4) is 0 Å². The van der Waals surface area contributed by atoms with E-state index >= 15 is 0 Å². The van der Waals surface area contributed by atoms with Gasteiger partial charge in [0.25, 0.3) is 0 Å². The Labute approximate surface area is 164 Å². The number of anilines is 1. The predicted octanol–water partition coefficient (Wildman–Crippen LogP) is 3.84. The first-order chi connectivity index (χ1) is 13.2. The van der Waals surface area contributed by atoms with E-state index in [0.29, 0.717) is 32.5 Å². The van der Waals surface area contributed by atoms with Crippen LogP contribution in [0.4, 0.5) is 10.5 Å². The summed E-state index contributed by atoms with van der Waals surface area (Å²) in [6.07, 6.45) is 1.42. The average molecular weight is 384 g/mol. The normalized spacial score (nSPS) is 14.6. The van der Waals surface area contributed by atoms with E-state index in [-0.39, 0.29) is 17.9 Å². The molecule has 1 aliphatic rings. The number of benzene rings is 2. The lowest BCUT2D eigenvalue weighted by Crippen LogP contribution is -2.44. The molecule has 2 N–H and O–H groups in total. The van der Waals surface area contributed by atoms with Crippen molar-refractivity contribution < 1.29 is 9.59 Å². The van der Waals surface area contributed by atoms with E-state index in [4.69, 9.17) is 0 Å². The van der Waals surface area contributed by atoms with Crippen LogP contribution in [0.25, 0.3) is 0 Å². The smallest absolute Gasteiger partial charge is 0.321 e. The third-order valence-corrected chi connectivity index (χ3v) is 5.60. The van der Waals surface area contributed by atoms with Gasteiger partial charge in [0.1, 0.15) is 0 Å². The third kappa shape index (κ3) is 6.03. The van der Waals surface area contributed by atoms with Gasteiger partial charge in [-0.2, -0.15) is 0 Å². The second-order valence-electron chi connectivity index (χ2n) is 6.51. The quantitative estimate of drug-likeness (QED) is 0.589. The van der Waals surface area contributed by atoms with Crippen molar-refractivity contribution in [2.24, 2.45) is 5.92 Å². The maximum Gasteiger partial charge on any atom is 0.321 e. The number of likely N-dealkylation sites (tertiary alicyclic amines) is 1. The minimum Gasteiger partial charge on any atom is -0.355 e. The molecule has 5 nitrogen and oxygen atoms in total. The van der Waals surface area contributed by atoms with Gasteiger partial charge in [0, 0.05) is 41.9 Å². The van der Waals surface area contributed by atoms with Gasteiger partial charge in [-0.05, 0) is 37.1 Å². The van der Waals surface area contributed by atoms with Gasteiger partial charge < -0.3 is 15.5 Å². The Balaban J connectivity index is 1.34. The Kier molecular flexibility index (Phi) is 7.16. The first kappa shape index (κ1) is 19.3. The maximum atomic E-state index is 12.3. The van der Waals surface area contributed by atoms with Crippen molar-refractivity contribution in [1.82, 2.24) is 10.2 Å². The summed E-state index contributed by atoms with van der Waals surface area (Å²) in [6.45, 7) is 1.87. The number of nitrogens with one attached hydrogen (secondary N) is 2. The number of nitrogens with zero attached hydrogens (tertiary/aromatic N) is 1. The highest BCUT2D eigenvalue weighted by Gasteiger charge is 2.27. The van der Waals surface area contributed by atoms with Crippen LogP contribution < -0.4 is 10.6 Å². The third-order valence-electron chi connectivity index (χ3n) is 4.59. The van der Waals surface area contributed by atoms with E-state index in [2.05, 4.69) is 22.8 Å². The van der Waals surface area contributed by atoms with E-state index in [1.807, 2.05) is 48.5 Å². The molecule has 0 aromatic heterocycles. The minimum atomic E-state index is -0.0979. The molecule has 0 saturated carbocycles. The van der Waals surface area contributed by atoms with Crippen molar-refractivity contribution in [2.45, 2.75) is 17.7 Å². The standard InChI is InChI=1S/C21H25N3O2S/c25-20(22-13-16-27-19-9-5-2-6-10-19)17-11-14-24(15-12-17)21(26)23-18-7-3-1-4-8-18/h1-10,17H,11-16H2,(H,22,25)(H,23,26). The molecule has 6 heteroatoms. The van der Waals surface area contributed by atoms with Crippen LogP contribution in [0.5, 0.6) is 0 Å². The van der Waals surface area contributed by atoms with Crippen molar-refractivity contribution in [3.63, 3.8) is 0 Å². The van der Waals surface area contributed by atoms with Crippen molar-refractivity contribution >= 4 is 29.4 Å². The molecule has 142 valence electrons. The second kappa shape index (κ2) is 10.0. The minimum absolute atomic E-state index is 0.00694. The lowest BCUT2D eigenvalue weighted by Gasteiger charge is -2.31. The number of urea groups is 1. The summed E-state index contributed by atoms with van der Waals surface area (Å²) in [5, 5.41) is 5.92. The summed E-state index contributed by atoms with van der Waals surface area (Å²) < 4.78 is 0. The maximum absolute atomic E-state index is 12.3. The Morgan fingerprint density at radius 2 is 1.59 bits per heavy atom. The molecule has 0 bridgehead atoms. The zero-order valence-corrected chi connectivity index (χ0v) is 16.1. The molecule has 1 heterocycles. The van der Waals surface area contributed by atoms with Crippen LogP contribution in [0.2, 0.25) is 0 Å². The lowest BCUT2D eigenvalue weighted by molar-refractivity contribution is -0.126. The van der Waals surface area contributed by atoms with E-state index in [0.717, 1.165) is 11.4 Å². The number of piperidine rings is 1. The fraction of sp³-hybridized carbons (Fsp3) is 0.333. The number of carbonyl (C=O) groups is 2.